The molecule has 0 N–H and O–H groups in total. The fourth-order valence-electron chi connectivity index (χ4n) is 1.00. The van der Waals surface area contributed by atoms with E-state index >= 15 is 0 Å². The molecule has 0 aliphatic rings. The summed E-state index contributed by atoms with van der Waals surface area (Å²) in [6.07, 6.45) is 1.51. The first-order valence-electron chi connectivity index (χ1n) is 3.99. The molecule has 0 saturated carbocycles. The first kappa shape index (κ1) is 9.87. The number of aromatic nitrogens is 1. The van der Waals surface area contributed by atoms with Gasteiger partial charge in [-0.25, -0.2) is 0 Å². The molecule has 0 spiro atoms. The summed E-state index contributed by atoms with van der Waals surface area (Å²) in [7, 11) is 0. The predicted octanol–water partition coefficient (Wildman–Crippen LogP) is 2.12. The van der Waals surface area contributed by atoms with Gasteiger partial charge in [-0.15, -0.1) is 11.3 Å². The van der Waals surface area contributed by atoms with E-state index in [1.54, 1.807) is 5.51 Å². The van der Waals surface area contributed by atoms with Crippen molar-refractivity contribution in [2.24, 2.45) is 11.8 Å². The van der Waals surface area contributed by atoms with Crippen LogP contribution in [0.15, 0.2) is 11.7 Å². The van der Waals surface area contributed by atoms with Gasteiger partial charge >= 0.3 is 0 Å². The first-order valence-corrected chi connectivity index (χ1v) is 4.87. The van der Waals surface area contributed by atoms with Crippen LogP contribution in [0.1, 0.15) is 23.5 Å². The molecule has 0 aliphatic heterocycles. The molecule has 0 radical (unpaired) electrons. The number of nitrogens with zero attached hydrogens (tertiary/aromatic N) is 2. The van der Waals surface area contributed by atoms with Crippen LogP contribution in [0.3, 0.4) is 0 Å². The number of hydrogen-bond donors (Lipinski definition) is 0. The Kier molecular flexibility index (Phi) is 3.15. The van der Waals surface area contributed by atoms with Crippen LogP contribution in [0.4, 0.5) is 0 Å². The van der Waals surface area contributed by atoms with E-state index < -0.39 is 5.92 Å². The standard InChI is InChI=1S/C9H10N2OS/c1-6(2)7(3-10)9(12)8-4-11-5-13-8/h4-7H,1-2H3. The van der Waals surface area contributed by atoms with E-state index in [1.165, 1.54) is 17.5 Å². The van der Waals surface area contributed by atoms with Gasteiger partial charge in [-0.3, -0.25) is 9.78 Å². The highest BCUT2D eigenvalue weighted by Gasteiger charge is 2.23. The molecule has 0 fully saturated rings. The summed E-state index contributed by atoms with van der Waals surface area (Å²) >= 11 is 1.28. The van der Waals surface area contributed by atoms with E-state index in [9.17, 15) is 4.79 Å². The zero-order valence-corrected chi connectivity index (χ0v) is 8.34. The molecule has 0 bridgehead atoms. The molecular formula is C9H10N2OS. The van der Waals surface area contributed by atoms with Crippen LogP contribution in [0.5, 0.6) is 0 Å². The fraction of sp³-hybridized carbons (Fsp3) is 0.444. The second-order valence-electron chi connectivity index (χ2n) is 3.08. The lowest BCUT2D eigenvalue weighted by Crippen LogP contribution is -2.17. The van der Waals surface area contributed by atoms with Gasteiger partial charge in [-0.05, 0) is 5.92 Å². The summed E-state index contributed by atoms with van der Waals surface area (Å²) in [6.45, 7) is 3.74. The van der Waals surface area contributed by atoms with Crippen LogP contribution in [-0.2, 0) is 0 Å². The molecular weight excluding hydrogens is 184 g/mol. The monoisotopic (exact) mass is 194 g/mol. The molecule has 0 saturated heterocycles. The molecule has 1 rings (SSSR count). The summed E-state index contributed by atoms with van der Waals surface area (Å²) < 4.78 is 0. The van der Waals surface area contributed by atoms with Crippen LogP contribution in [0.25, 0.3) is 0 Å². The third kappa shape index (κ3) is 2.13. The molecule has 0 aliphatic carbocycles. The van der Waals surface area contributed by atoms with Crippen molar-refractivity contribution in [3.63, 3.8) is 0 Å². The highest BCUT2D eigenvalue weighted by atomic mass is 32.1. The van der Waals surface area contributed by atoms with Gasteiger partial charge in [0, 0.05) is 6.20 Å². The average molecular weight is 194 g/mol. The quantitative estimate of drug-likeness (QED) is 0.692. The Labute approximate surface area is 81.0 Å². The summed E-state index contributed by atoms with van der Waals surface area (Å²) in [6, 6.07) is 2.02. The van der Waals surface area contributed by atoms with E-state index in [0.717, 1.165) is 0 Å². The third-order valence-corrected chi connectivity index (χ3v) is 2.55. The van der Waals surface area contributed by atoms with Crippen molar-refractivity contribution in [1.82, 2.24) is 4.98 Å². The third-order valence-electron chi connectivity index (χ3n) is 1.76. The van der Waals surface area contributed by atoms with Crippen molar-refractivity contribution in [3.8, 4) is 6.07 Å². The minimum atomic E-state index is -0.541. The molecule has 1 atom stereocenters. The predicted molar refractivity (Wildman–Crippen MR) is 50.4 cm³/mol. The zero-order chi connectivity index (χ0) is 9.84. The highest BCUT2D eigenvalue weighted by Crippen LogP contribution is 2.18. The number of thiazole rings is 1. The SMILES string of the molecule is CC(C)C(C#N)C(=O)c1cncs1. The van der Waals surface area contributed by atoms with Gasteiger partial charge < -0.3 is 0 Å². The molecule has 68 valence electrons. The number of Topliss-reactive ketones (excluding diaryl/α,β-unsaturated/α-hetero) is 1. The van der Waals surface area contributed by atoms with Gasteiger partial charge in [0.05, 0.1) is 16.5 Å². The number of hydrogen-bond acceptors (Lipinski definition) is 4. The fourth-order valence-corrected chi connectivity index (χ4v) is 1.60. The van der Waals surface area contributed by atoms with E-state index in [-0.39, 0.29) is 11.7 Å². The van der Waals surface area contributed by atoms with Gasteiger partial charge in [0.1, 0.15) is 5.92 Å². The minimum absolute atomic E-state index is 0.0552. The summed E-state index contributed by atoms with van der Waals surface area (Å²) in [5.41, 5.74) is 1.60. The van der Waals surface area contributed by atoms with Crippen LogP contribution < -0.4 is 0 Å². The number of carbonyl (C=O) groups excluding carboxylic acids is 1. The smallest absolute Gasteiger partial charge is 0.191 e. The lowest BCUT2D eigenvalue weighted by atomic mass is 9.92. The van der Waals surface area contributed by atoms with Gasteiger partial charge in [-0.1, -0.05) is 13.8 Å². The normalized spacial score (nSPS) is 12.5. The maximum atomic E-state index is 11.6. The Morgan fingerprint density at radius 2 is 2.38 bits per heavy atom. The molecule has 0 aromatic carbocycles. The molecule has 3 nitrogen and oxygen atoms in total. The molecule has 1 aromatic heterocycles. The topological polar surface area (TPSA) is 53.8 Å². The summed E-state index contributed by atoms with van der Waals surface area (Å²) in [5, 5.41) is 8.78. The zero-order valence-electron chi connectivity index (χ0n) is 7.52. The largest absolute Gasteiger partial charge is 0.292 e. The van der Waals surface area contributed by atoms with Crippen molar-refractivity contribution in [2.75, 3.05) is 0 Å². The van der Waals surface area contributed by atoms with E-state index in [2.05, 4.69) is 4.98 Å². The lowest BCUT2D eigenvalue weighted by molar-refractivity contribution is 0.0928. The number of carbonyl (C=O) groups is 1. The molecule has 1 heterocycles. The number of nitriles is 1. The van der Waals surface area contributed by atoms with E-state index in [1.807, 2.05) is 19.9 Å². The van der Waals surface area contributed by atoms with Crippen molar-refractivity contribution >= 4 is 17.1 Å². The van der Waals surface area contributed by atoms with Gasteiger partial charge in [0.2, 0.25) is 0 Å². The molecule has 1 aromatic rings. The van der Waals surface area contributed by atoms with Crippen molar-refractivity contribution < 1.29 is 4.79 Å². The molecule has 13 heavy (non-hydrogen) atoms. The average Bonchev–Trinajstić information content (AvgIpc) is 2.56. The van der Waals surface area contributed by atoms with Crippen molar-refractivity contribution in [1.29, 1.82) is 5.26 Å². The van der Waals surface area contributed by atoms with Gasteiger partial charge in [-0.2, -0.15) is 5.26 Å². The van der Waals surface area contributed by atoms with E-state index in [4.69, 9.17) is 5.26 Å². The lowest BCUT2D eigenvalue weighted by Gasteiger charge is -2.09. The Morgan fingerprint density at radius 1 is 1.69 bits per heavy atom. The first-order chi connectivity index (χ1) is 6.16. The molecule has 0 amide bonds. The summed E-state index contributed by atoms with van der Waals surface area (Å²) in [5.74, 6) is -0.597. The Balaban J connectivity index is 2.85. The van der Waals surface area contributed by atoms with Gasteiger partial charge in [0.25, 0.3) is 0 Å². The summed E-state index contributed by atoms with van der Waals surface area (Å²) in [4.78, 5) is 16.0. The highest BCUT2D eigenvalue weighted by molar-refractivity contribution is 7.11. The Morgan fingerprint density at radius 3 is 2.77 bits per heavy atom. The second-order valence-corrected chi connectivity index (χ2v) is 3.97. The maximum absolute atomic E-state index is 11.6. The van der Waals surface area contributed by atoms with Crippen molar-refractivity contribution in [3.05, 3.63) is 16.6 Å². The van der Waals surface area contributed by atoms with Gasteiger partial charge in [0.15, 0.2) is 5.78 Å². The van der Waals surface area contributed by atoms with Crippen LogP contribution in [-0.4, -0.2) is 10.8 Å². The molecule has 4 heteroatoms. The Bertz CT molecular complexity index is 324. The molecule has 1 unspecified atom stereocenters. The van der Waals surface area contributed by atoms with Crippen LogP contribution in [0.2, 0.25) is 0 Å². The van der Waals surface area contributed by atoms with Crippen LogP contribution >= 0.6 is 11.3 Å². The second kappa shape index (κ2) is 4.15. The van der Waals surface area contributed by atoms with Crippen LogP contribution in [0, 0.1) is 23.2 Å². The number of ketones is 1. The number of rotatable bonds is 3. The Hall–Kier alpha value is -1.21. The van der Waals surface area contributed by atoms with E-state index in [0.29, 0.717) is 4.88 Å². The minimum Gasteiger partial charge on any atom is -0.292 e. The van der Waals surface area contributed by atoms with Crippen molar-refractivity contribution in [2.45, 2.75) is 13.8 Å². The maximum Gasteiger partial charge on any atom is 0.191 e.